The van der Waals surface area contributed by atoms with Gasteiger partial charge in [-0.25, -0.2) is 8.42 Å². The highest BCUT2D eigenvalue weighted by Crippen LogP contribution is 2.41. The van der Waals surface area contributed by atoms with Crippen molar-refractivity contribution in [2.24, 2.45) is 5.92 Å². The average molecular weight is 488 g/mol. The Morgan fingerprint density at radius 1 is 1.18 bits per heavy atom. The number of hydrogen-bond donors (Lipinski definition) is 1. The van der Waals surface area contributed by atoms with Gasteiger partial charge in [-0.1, -0.05) is 19.1 Å². The van der Waals surface area contributed by atoms with Crippen LogP contribution < -0.4 is 9.04 Å². The summed E-state index contributed by atoms with van der Waals surface area (Å²) in [6.45, 7) is 7.08. The zero-order chi connectivity index (χ0) is 24.5. The molecule has 0 bridgehead atoms. The van der Waals surface area contributed by atoms with E-state index in [0.717, 1.165) is 24.8 Å². The molecule has 0 amide bonds. The van der Waals surface area contributed by atoms with Gasteiger partial charge in [0.15, 0.2) is 5.78 Å². The summed E-state index contributed by atoms with van der Waals surface area (Å²) < 4.78 is 40.3. The number of carbonyl (C=O) groups is 1. The van der Waals surface area contributed by atoms with E-state index in [9.17, 15) is 18.3 Å². The van der Waals surface area contributed by atoms with Crippen LogP contribution in [0.4, 0.5) is 5.69 Å². The third-order valence-corrected chi connectivity index (χ3v) is 8.69. The van der Waals surface area contributed by atoms with E-state index in [0.29, 0.717) is 49.2 Å². The Morgan fingerprint density at radius 2 is 1.91 bits per heavy atom. The van der Waals surface area contributed by atoms with Gasteiger partial charge in [0.25, 0.3) is 10.0 Å². The monoisotopic (exact) mass is 487 g/mol. The molecule has 1 fully saturated rings. The Morgan fingerprint density at radius 3 is 2.59 bits per heavy atom. The zero-order valence-corrected chi connectivity index (χ0v) is 20.8. The second-order valence-electron chi connectivity index (χ2n) is 9.23. The molecule has 2 heterocycles. The largest absolute Gasteiger partial charge is 0.493 e. The minimum Gasteiger partial charge on any atom is -0.493 e. The Labute approximate surface area is 201 Å². The molecule has 4 rings (SSSR count). The molecule has 1 N–H and O–H groups in total. The summed E-state index contributed by atoms with van der Waals surface area (Å²) in [5.74, 6) is 0.490. The van der Waals surface area contributed by atoms with Gasteiger partial charge in [-0.15, -0.1) is 0 Å². The van der Waals surface area contributed by atoms with Gasteiger partial charge in [0.1, 0.15) is 5.75 Å². The fourth-order valence-corrected chi connectivity index (χ4v) is 6.46. The smallest absolute Gasteiger partial charge is 0.264 e. The van der Waals surface area contributed by atoms with Crippen molar-refractivity contribution in [3.63, 3.8) is 0 Å². The summed E-state index contributed by atoms with van der Waals surface area (Å²) in [5.41, 5.74) is 2.38. The number of aryl methyl sites for hydroxylation is 1. The SMILES string of the molecule is CCc1ccc2c(c1)C(O)CC(C)N2S(=O)(=O)c1ccc(OCC2CCOCC2)c(C(C)=O)c1. The summed E-state index contributed by atoms with van der Waals surface area (Å²) in [6.07, 6.45) is 2.17. The first-order valence-corrected chi connectivity index (χ1v) is 13.4. The summed E-state index contributed by atoms with van der Waals surface area (Å²) in [6, 6.07) is 9.58. The molecule has 2 aliphatic heterocycles. The number of nitrogens with zero attached hydrogens (tertiary/aromatic N) is 1. The number of benzene rings is 2. The van der Waals surface area contributed by atoms with Crippen LogP contribution in [0.15, 0.2) is 41.3 Å². The van der Waals surface area contributed by atoms with Crippen LogP contribution in [0.2, 0.25) is 0 Å². The van der Waals surface area contributed by atoms with Crippen LogP contribution in [0.3, 0.4) is 0 Å². The highest BCUT2D eigenvalue weighted by molar-refractivity contribution is 7.92. The van der Waals surface area contributed by atoms with Crippen LogP contribution in [-0.2, 0) is 21.2 Å². The molecule has 0 aliphatic carbocycles. The van der Waals surface area contributed by atoms with Gasteiger partial charge >= 0.3 is 0 Å². The van der Waals surface area contributed by atoms with Crippen LogP contribution in [0.1, 0.15) is 67.6 Å². The second-order valence-corrected chi connectivity index (χ2v) is 11.0. The first-order chi connectivity index (χ1) is 16.2. The summed E-state index contributed by atoms with van der Waals surface area (Å²) >= 11 is 0. The fourth-order valence-electron chi connectivity index (χ4n) is 4.75. The third kappa shape index (κ3) is 4.85. The number of fused-ring (bicyclic) bond motifs is 1. The van der Waals surface area contributed by atoms with Gasteiger partial charge in [0.05, 0.1) is 28.9 Å². The molecular weight excluding hydrogens is 454 g/mol. The Hall–Kier alpha value is -2.42. The lowest BCUT2D eigenvalue weighted by atomic mass is 9.94. The maximum atomic E-state index is 13.8. The number of aliphatic hydroxyl groups excluding tert-OH is 1. The number of ketones is 1. The van der Waals surface area contributed by atoms with Crippen LogP contribution in [0, 0.1) is 5.92 Å². The summed E-state index contributed by atoms with van der Waals surface area (Å²) in [4.78, 5) is 12.4. The average Bonchev–Trinajstić information content (AvgIpc) is 2.82. The number of carbonyl (C=O) groups excluding carboxylic acids is 1. The van der Waals surface area contributed by atoms with E-state index in [1.54, 1.807) is 19.1 Å². The van der Waals surface area contributed by atoms with Gasteiger partial charge in [0.2, 0.25) is 0 Å². The van der Waals surface area contributed by atoms with Gasteiger partial charge < -0.3 is 14.6 Å². The molecule has 2 aromatic rings. The normalized spacial score (nSPS) is 21.2. The molecule has 34 heavy (non-hydrogen) atoms. The lowest BCUT2D eigenvalue weighted by molar-refractivity contribution is 0.0495. The lowest BCUT2D eigenvalue weighted by Gasteiger charge is -2.38. The highest BCUT2D eigenvalue weighted by Gasteiger charge is 2.37. The Kier molecular flexibility index (Phi) is 7.31. The van der Waals surface area contributed by atoms with Crippen molar-refractivity contribution in [1.29, 1.82) is 0 Å². The van der Waals surface area contributed by atoms with Crippen molar-refractivity contribution >= 4 is 21.5 Å². The molecule has 7 nitrogen and oxygen atoms in total. The topological polar surface area (TPSA) is 93.1 Å². The zero-order valence-electron chi connectivity index (χ0n) is 20.0. The van der Waals surface area contributed by atoms with Crippen molar-refractivity contribution in [3.8, 4) is 5.75 Å². The van der Waals surface area contributed by atoms with Crippen molar-refractivity contribution in [2.75, 3.05) is 24.1 Å². The number of Topliss-reactive ketones (excluding diaryl/α,β-unsaturated/α-hetero) is 1. The van der Waals surface area contributed by atoms with Crippen LogP contribution in [-0.4, -0.2) is 45.2 Å². The molecule has 2 unspecified atom stereocenters. The van der Waals surface area contributed by atoms with Crippen molar-refractivity contribution in [2.45, 2.75) is 63.5 Å². The second kappa shape index (κ2) is 10.1. The number of rotatable bonds is 7. The van der Waals surface area contributed by atoms with Gasteiger partial charge in [0, 0.05) is 24.8 Å². The molecule has 8 heteroatoms. The first kappa shape index (κ1) is 24.7. The van der Waals surface area contributed by atoms with Gasteiger partial charge in [-0.2, -0.15) is 0 Å². The van der Waals surface area contributed by atoms with E-state index in [2.05, 4.69) is 0 Å². The van der Waals surface area contributed by atoms with Crippen molar-refractivity contribution in [3.05, 3.63) is 53.1 Å². The number of ether oxygens (including phenoxy) is 2. The fraction of sp³-hybridized carbons (Fsp3) is 0.500. The third-order valence-electron chi connectivity index (χ3n) is 6.76. The van der Waals surface area contributed by atoms with Gasteiger partial charge in [-0.05, 0) is 75.3 Å². The van der Waals surface area contributed by atoms with Crippen LogP contribution >= 0.6 is 0 Å². The van der Waals surface area contributed by atoms with E-state index < -0.39 is 22.2 Å². The molecule has 0 aromatic heterocycles. The molecule has 2 aromatic carbocycles. The van der Waals surface area contributed by atoms with Crippen molar-refractivity contribution in [1.82, 2.24) is 0 Å². The van der Waals surface area contributed by atoms with E-state index in [4.69, 9.17) is 9.47 Å². The quantitative estimate of drug-likeness (QED) is 0.586. The lowest BCUT2D eigenvalue weighted by Crippen LogP contribution is -2.43. The van der Waals surface area contributed by atoms with Crippen LogP contribution in [0.5, 0.6) is 5.75 Å². The Balaban J connectivity index is 1.67. The maximum absolute atomic E-state index is 13.8. The van der Waals surface area contributed by atoms with E-state index in [1.165, 1.54) is 23.4 Å². The first-order valence-electron chi connectivity index (χ1n) is 11.9. The number of aliphatic hydroxyl groups is 1. The van der Waals surface area contributed by atoms with Crippen LogP contribution in [0.25, 0.3) is 0 Å². The molecule has 0 spiro atoms. The minimum atomic E-state index is -3.98. The maximum Gasteiger partial charge on any atom is 0.264 e. The molecule has 0 radical (unpaired) electrons. The standard InChI is InChI=1S/C26H33NO6S/c1-4-19-5-7-24-23(14-19)25(29)13-17(2)27(24)34(30,31)21-6-8-26(22(15-21)18(3)28)33-16-20-9-11-32-12-10-20/h5-8,14-15,17,20,25,29H,4,9-13,16H2,1-3H3. The highest BCUT2D eigenvalue weighted by atomic mass is 32.2. The van der Waals surface area contributed by atoms with E-state index in [-0.39, 0.29) is 16.2 Å². The minimum absolute atomic E-state index is 0.0323. The number of hydrogen-bond acceptors (Lipinski definition) is 6. The van der Waals surface area contributed by atoms with Gasteiger partial charge in [-0.3, -0.25) is 9.10 Å². The molecule has 0 saturated carbocycles. The number of anilines is 1. The summed E-state index contributed by atoms with van der Waals surface area (Å²) in [5, 5.41) is 10.6. The number of sulfonamides is 1. The predicted molar refractivity (Wildman–Crippen MR) is 130 cm³/mol. The summed E-state index contributed by atoms with van der Waals surface area (Å²) in [7, 11) is -3.98. The molecule has 2 atom stereocenters. The Bertz CT molecular complexity index is 1160. The van der Waals surface area contributed by atoms with Crippen molar-refractivity contribution < 1.29 is 27.8 Å². The van der Waals surface area contributed by atoms with E-state index >= 15 is 0 Å². The molecule has 184 valence electrons. The molecule has 2 aliphatic rings. The molecular formula is C26H33NO6S. The predicted octanol–water partition coefficient (Wildman–Crippen LogP) is 4.28. The molecule has 1 saturated heterocycles. The van der Waals surface area contributed by atoms with E-state index in [1.807, 2.05) is 19.1 Å².